The summed E-state index contributed by atoms with van der Waals surface area (Å²) in [6.45, 7) is 10.0. The predicted molar refractivity (Wildman–Crippen MR) is 86.3 cm³/mol. The van der Waals surface area contributed by atoms with Crippen LogP contribution in [0.2, 0.25) is 0 Å². The summed E-state index contributed by atoms with van der Waals surface area (Å²) >= 11 is 0. The minimum absolute atomic E-state index is 0.181. The van der Waals surface area contributed by atoms with Crippen molar-refractivity contribution in [2.24, 2.45) is 0 Å². The molecule has 0 radical (unpaired) electrons. The van der Waals surface area contributed by atoms with Gasteiger partial charge in [-0.15, -0.1) is 0 Å². The van der Waals surface area contributed by atoms with Crippen molar-refractivity contribution in [3.8, 4) is 0 Å². The quantitative estimate of drug-likeness (QED) is 0.911. The highest BCUT2D eigenvalue weighted by molar-refractivity contribution is 5.53. The Morgan fingerprint density at radius 2 is 1.95 bits per heavy atom. The standard InChI is InChI=1S/C17H26N4/c1-16(2)9-14(10-17(3,4)20-16)18-11-13-12-19-21-8-6-5-7-15(13)21/h5-8,12,14,18,20H,9-11H2,1-4H3. The van der Waals surface area contributed by atoms with Gasteiger partial charge in [0.2, 0.25) is 0 Å². The maximum atomic E-state index is 4.40. The Morgan fingerprint density at radius 1 is 1.24 bits per heavy atom. The molecule has 2 N–H and O–H groups in total. The van der Waals surface area contributed by atoms with Crippen LogP contribution in [0, 0.1) is 0 Å². The van der Waals surface area contributed by atoms with Crippen molar-refractivity contribution in [1.82, 2.24) is 20.2 Å². The van der Waals surface area contributed by atoms with E-state index in [1.807, 2.05) is 23.0 Å². The molecular formula is C17H26N4. The molecule has 1 aliphatic heterocycles. The Balaban J connectivity index is 1.70. The van der Waals surface area contributed by atoms with Crippen LogP contribution in [0.15, 0.2) is 30.6 Å². The van der Waals surface area contributed by atoms with Crippen LogP contribution in [0.25, 0.3) is 5.52 Å². The molecule has 0 atom stereocenters. The Labute approximate surface area is 126 Å². The fourth-order valence-electron chi connectivity index (χ4n) is 3.84. The number of nitrogens with one attached hydrogen (secondary N) is 2. The second kappa shape index (κ2) is 5.11. The molecule has 3 rings (SSSR count). The van der Waals surface area contributed by atoms with E-state index in [2.05, 4.69) is 55.6 Å². The number of piperidine rings is 1. The van der Waals surface area contributed by atoms with E-state index in [0.29, 0.717) is 6.04 Å². The van der Waals surface area contributed by atoms with E-state index in [0.717, 1.165) is 19.4 Å². The predicted octanol–water partition coefficient (Wildman–Crippen LogP) is 2.73. The molecule has 21 heavy (non-hydrogen) atoms. The second-order valence-corrected chi connectivity index (χ2v) is 7.58. The van der Waals surface area contributed by atoms with Gasteiger partial charge in [-0.1, -0.05) is 6.07 Å². The van der Waals surface area contributed by atoms with Crippen LogP contribution < -0.4 is 10.6 Å². The highest BCUT2D eigenvalue weighted by Gasteiger charge is 2.37. The van der Waals surface area contributed by atoms with Gasteiger partial charge in [0.25, 0.3) is 0 Å². The van der Waals surface area contributed by atoms with Crippen LogP contribution in [0.4, 0.5) is 0 Å². The van der Waals surface area contributed by atoms with Gasteiger partial charge in [0.1, 0.15) is 0 Å². The second-order valence-electron chi connectivity index (χ2n) is 7.58. The molecule has 0 aliphatic carbocycles. The number of hydrogen-bond acceptors (Lipinski definition) is 3. The maximum Gasteiger partial charge on any atom is 0.0706 e. The molecule has 1 aliphatic rings. The zero-order valence-corrected chi connectivity index (χ0v) is 13.5. The van der Waals surface area contributed by atoms with Crippen LogP contribution in [0.1, 0.15) is 46.1 Å². The normalized spacial score (nSPS) is 21.7. The molecule has 2 aromatic rings. The summed E-state index contributed by atoms with van der Waals surface area (Å²) < 4.78 is 1.94. The van der Waals surface area contributed by atoms with Gasteiger partial charge in [-0.05, 0) is 52.7 Å². The Morgan fingerprint density at radius 3 is 2.67 bits per heavy atom. The average Bonchev–Trinajstić information content (AvgIpc) is 2.76. The molecule has 1 saturated heterocycles. The van der Waals surface area contributed by atoms with Gasteiger partial charge in [0.05, 0.1) is 11.7 Å². The molecular weight excluding hydrogens is 260 g/mol. The van der Waals surface area contributed by atoms with E-state index in [4.69, 9.17) is 0 Å². The smallest absolute Gasteiger partial charge is 0.0706 e. The number of nitrogens with zero attached hydrogens (tertiary/aromatic N) is 2. The van der Waals surface area contributed by atoms with Crippen molar-refractivity contribution in [2.45, 2.75) is 64.2 Å². The van der Waals surface area contributed by atoms with E-state index in [9.17, 15) is 0 Å². The lowest BCUT2D eigenvalue weighted by Crippen LogP contribution is -2.61. The molecule has 2 aromatic heterocycles. The number of pyridine rings is 1. The molecule has 0 amide bonds. The molecule has 0 unspecified atom stereocenters. The van der Waals surface area contributed by atoms with Crippen LogP contribution in [0.5, 0.6) is 0 Å². The van der Waals surface area contributed by atoms with Gasteiger partial charge in [-0.2, -0.15) is 5.10 Å². The first kappa shape index (κ1) is 14.5. The Kier molecular flexibility index (Phi) is 3.54. The summed E-state index contributed by atoms with van der Waals surface area (Å²) in [5, 5.41) is 11.9. The third-order valence-corrected chi connectivity index (χ3v) is 4.28. The summed E-state index contributed by atoms with van der Waals surface area (Å²) in [4.78, 5) is 0. The lowest BCUT2D eigenvalue weighted by atomic mass is 9.79. The minimum Gasteiger partial charge on any atom is -0.310 e. The van der Waals surface area contributed by atoms with E-state index >= 15 is 0 Å². The van der Waals surface area contributed by atoms with Crippen molar-refractivity contribution in [3.05, 3.63) is 36.2 Å². The topological polar surface area (TPSA) is 41.4 Å². The van der Waals surface area contributed by atoms with Crippen molar-refractivity contribution in [1.29, 1.82) is 0 Å². The zero-order valence-electron chi connectivity index (χ0n) is 13.5. The summed E-state index contributed by atoms with van der Waals surface area (Å²) in [6.07, 6.45) is 6.26. The molecule has 114 valence electrons. The largest absolute Gasteiger partial charge is 0.310 e. The number of hydrogen-bond donors (Lipinski definition) is 2. The molecule has 4 nitrogen and oxygen atoms in total. The van der Waals surface area contributed by atoms with Gasteiger partial charge in [0, 0.05) is 35.4 Å². The zero-order chi connectivity index (χ0) is 15.1. The number of fused-ring (bicyclic) bond motifs is 1. The summed E-state index contributed by atoms with van der Waals surface area (Å²) in [5.74, 6) is 0. The Hall–Kier alpha value is -1.39. The van der Waals surface area contributed by atoms with Crippen LogP contribution >= 0.6 is 0 Å². The molecule has 0 saturated carbocycles. The molecule has 4 heteroatoms. The van der Waals surface area contributed by atoms with E-state index < -0.39 is 0 Å². The van der Waals surface area contributed by atoms with Crippen LogP contribution in [-0.2, 0) is 6.54 Å². The fourth-order valence-corrected chi connectivity index (χ4v) is 3.84. The molecule has 0 bridgehead atoms. The molecule has 1 fully saturated rings. The molecule has 3 heterocycles. The maximum absolute atomic E-state index is 4.40. The van der Waals surface area contributed by atoms with E-state index in [-0.39, 0.29) is 11.1 Å². The van der Waals surface area contributed by atoms with E-state index in [1.54, 1.807) is 0 Å². The third kappa shape index (κ3) is 3.27. The molecule has 0 spiro atoms. The monoisotopic (exact) mass is 286 g/mol. The third-order valence-electron chi connectivity index (χ3n) is 4.28. The average molecular weight is 286 g/mol. The minimum atomic E-state index is 0.181. The SMILES string of the molecule is CC1(C)CC(NCc2cnn3ccccc23)CC(C)(C)N1. The lowest BCUT2D eigenvalue weighted by Gasteiger charge is -2.46. The van der Waals surface area contributed by atoms with Crippen LogP contribution in [0.3, 0.4) is 0 Å². The first-order valence-electron chi connectivity index (χ1n) is 7.79. The number of aromatic nitrogens is 2. The highest BCUT2D eigenvalue weighted by Crippen LogP contribution is 2.28. The summed E-state index contributed by atoms with van der Waals surface area (Å²) in [5.41, 5.74) is 2.82. The van der Waals surface area contributed by atoms with Gasteiger partial charge < -0.3 is 10.6 Å². The molecule has 0 aromatic carbocycles. The summed E-state index contributed by atoms with van der Waals surface area (Å²) in [6, 6.07) is 6.74. The highest BCUT2D eigenvalue weighted by atomic mass is 15.2. The van der Waals surface area contributed by atoms with Crippen molar-refractivity contribution >= 4 is 5.52 Å². The fraction of sp³-hybridized carbons (Fsp3) is 0.588. The van der Waals surface area contributed by atoms with Crippen molar-refractivity contribution < 1.29 is 0 Å². The Bertz CT molecular complexity index is 611. The first-order valence-corrected chi connectivity index (χ1v) is 7.79. The van der Waals surface area contributed by atoms with Gasteiger partial charge >= 0.3 is 0 Å². The lowest BCUT2D eigenvalue weighted by molar-refractivity contribution is 0.145. The first-order chi connectivity index (χ1) is 9.85. The van der Waals surface area contributed by atoms with Gasteiger partial charge in [0.15, 0.2) is 0 Å². The van der Waals surface area contributed by atoms with Crippen molar-refractivity contribution in [3.63, 3.8) is 0 Å². The van der Waals surface area contributed by atoms with Crippen LogP contribution in [-0.4, -0.2) is 26.7 Å². The van der Waals surface area contributed by atoms with Gasteiger partial charge in [-0.3, -0.25) is 0 Å². The van der Waals surface area contributed by atoms with Gasteiger partial charge in [-0.25, -0.2) is 4.52 Å². The van der Waals surface area contributed by atoms with E-state index in [1.165, 1.54) is 11.1 Å². The van der Waals surface area contributed by atoms with Crippen molar-refractivity contribution in [2.75, 3.05) is 0 Å². The number of rotatable bonds is 3. The summed E-state index contributed by atoms with van der Waals surface area (Å²) in [7, 11) is 0.